The lowest BCUT2D eigenvalue weighted by Crippen LogP contribution is -1.98. The highest BCUT2D eigenvalue weighted by Crippen LogP contribution is 2.34. The van der Waals surface area contributed by atoms with E-state index in [1.54, 1.807) is 38.1 Å². The molecule has 0 amide bonds. The van der Waals surface area contributed by atoms with Crippen molar-refractivity contribution in [2.45, 2.75) is 0 Å². The van der Waals surface area contributed by atoms with Gasteiger partial charge in [0.15, 0.2) is 6.29 Å². The van der Waals surface area contributed by atoms with E-state index < -0.39 is 0 Å². The van der Waals surface area contributed by atoms with Crippen molar-refractivity contribution in [3.8, 4) is 22.8 Å². The van der Waals surface area contributed by atoms with Crippen LogP contribution in [0.25, 0.3) is 11.3 Å². The summed E-state index contributed by atoms with van der Waals surface area (Å²) in [6, 6.07) is 5.43. The van der Waals surface area contributed by atoms with E-state index in [1.807, 2.05) is 6.07 Å². The van der Waals surface area contributed by atoms with Gasteiger partial charge in [-0.15, -0.1) is 0 Å². The van der Waals surface area contributed by atoms with Crippen molar-refractivity contribution < 1.29 is 14.3 Å². The summed E-state index contributed by atoms with van der Waals surface area (Å²) in [7, 11) is 4.96. The third-order valence-electron chi connectivity index (χ3n) is 2.76. The molecule has 18 heavy (non-hydrogen) atoms. The molecule has 1 aromatic heterocycles. The molecule has 0 fully saturated rings. The number of aldehydes is 1. The molecule has 0 bridgehead atoms. The number of aryl methyl sites for hydroxylation is 1. The summed E-state index contributed by atoms with van der Waals surface area (Å²) in [6.45, 7) is 0. The summed E-state index contributed by atoms with van der Waals surface area (Å²) in [5.74, 6) is 1.37. The van der Waals surface area contributed by atoms with Gasteiger partial charge in [0.25, 0.3) is 0 Å². The molecule has 0 spiro atoms. The minimum Gasteiger partial charge on any atom is -0.497 e. The SMILES string of the molecule is COc1ccc(OC)c(-c2c(C=O)cnn2C)c1. The van der Waals surface area contributed by atoms with Crippen LogP contribution in [0.5, 0.6) is 11.5 Å². The number of hydrogen-bond donors (Lipinski definition) is 0. The molecule has 2 aromatic rings. The first-order valence-corrected chi connectivity index (χ1v) is 5.40. The molecule has 0 N–H and O–H groups in total. The average Bonchev–Trinajstić information content (AvgIpc) is 2.78. The van der Waals surface area contributed by atoms with Gasteiger partial charge in [0.2, 0.25) is 0 Å². The Balaban J connectivity index is 2.67. The molecule has 0 unspecified atom stereocenters. The van der Waals surface area contributed by atoms with Gasteiger partial charge in [-0.3, -0.25) is 9.48 Å². The van der Waals surface area contributed by atoms with E-state index in [9.17, 15) is 4.79 Å². The van der Waals surface area contributed by atoms with Crippen molar-refractivity contribution in [3.05, 3.63) is 30.0 Å². The molecule has 0 aliphatic carbocycles. The molecule has 0 saturated heterocycles. The number of hydrogen-bond acceptors (Lipinski definition) is 4. The van der Waals surface area contributed by atoms with Crippen LogP contribution in [0.1, 0.15) is 10.4 Å². The van der Waals surface area contributed by atoms with Gasteiger partial charge >= 0.3 is 0 Å². The van der Waals surface area contributed by atoms with E-state index >= 15 is 0 Å². The Kier molecular flexibility index (Phi) is 3.32. The predicted octanol–water partition coefficient (Wildman–Crippen LogP) is 1.92. The zero-order chi connectivity index (χ0) is 13.1. The van der Waals surface area contributed by atoms with Gasteiger partial charge in [-0.25, -0.2) is 0 Å². The lowest BCUT2D eigenvalue weighted by Gasteiger charge is -2.11. The van der Waals surface area contributed by atoms with Crippen LogP contribution in [0.3, 0.4) is 0 Å². The number of nitrogens with zero attached hydrogens (tertiary/aromatic N) is 2. The van der Waals surface area contributed by atoms with Crippen LogP contribution in [0.4, 0.5) is 0 Å². The van der Waals surface area contributed by atoms with Crippen molar-refractivity contribution in [2.24, 2.45) is 7.05 Å². The van der Waals surface area contributed by atoms with Gasteiger partial charge < -0.3 is 9.47 Å². The normalized spacial score (nSPS) is 10.2. The van der Waals surface area contributed by atoms with Crippen LogP contribution in [0.2, 0.25) is 0 Å². The Labute approximate surface area is 105 Å². The summed E-state index contributed by atoms with van der Waals surface area (Å²) in [6.07, 6.45) is 2.31. The smallest absolute Gasteiger partial charge is 0.153 e. The lowest BCUT2D eigenvalue weighted by molar-refractivity contribution is 0.112. The van der Waals surface area contributed by atoms with E-state index in [-0.39, 0.29) is 0 Å². The van der Waals surface area contributed by atoms with Crippen LogP contribution >= 0.6 is 0 Å². The third-order valence-corrected chi connectivity index (χ3v) is 2.76. The lowest BCUT2D eigenvalue weighted by atomic mass is 10.1. The molecule has 5 nitrogen and oxygen atoms in total. The van der Waals surface area contributed by atoms with Crippen LogP contribution in [0, 0.1) is 0 Å². The van der Waals surface area contributed by atoms with Crippen LogP contribution in [0.15, 0.2) is 24.4 Å². The van der Waals surface area contributed by atoms with E-state index in [1.165, 1.54) is 6.20 Å². The molecule has 1 aromatic carbocycles. The number of methoxy groups -OCH3 is 2. The standard InChI is InChI=1S/C13H14N2O3/c1-15-13(9(8-16)7-14-15)11-6-10(17-2)4-5-12(11)18-3/h4-8H,1-3H3. The number of rotatable bonds is 4. The highest BCUT2D eigenvalue weighted by molar-refractivity contribution is 5.87. The molecule has 0 atom stereocenters. The molecule has 0 saturated carbocycles. The van der Waals surface area contributed by atoms with E-state index in [2.05, 4.69) is 5.10 Å². The Morgan fingerprint density at radius 1 is 1.28 bits per heavy atom. The molecule has 0 aliphatic rings. The molecule has 5 heteroatoms. The molecule has 0 aliphatic heterocycles. The van der Waals surface area contributed by atoms with Gasteiger partial charge in [0.1, 0.15) is 11.5 Å². The largest absolute Gasteiger partial charge is 0.497 e. The maximum atomic E-state index is 11.0. The van der Waals surface area contributed by atoms with E-state index in [0.717, 1.165) is 11.8 Å². The minimum absolute atomic E-state index is 0.518. The maximum absolute atomic E-state index is 11.0. The van der Waals surface area contributed by atoms with Gasteiger partial charge in [-0.05, 0) is 18.2 Å². The zero-order valence-electron chi connectivity index (χ0n) is 10.5. The van der Waals surface area contributed by atoms with E-state index in [4.69, 9.17) is 9.47 Å². The topological polar surface area (TPSA) is 53.4 Å². The van der Waals surface area contributed by atoms with Gasteiger partial charge in [-0.1, -0.05) is 0 Å². The molecule has 1 heterocycles. The summed E-state index contributed by atoms with van der Waals surface area (Å²) in [5.41, 5.74) is 2.00. The highest BCUT2D eigenvalue weighted by atomic mass is 16.5. The predicted molar refractivity (Wildman–Crippen MR) is 67.1 cm³/mol. The molecular formula is C13H14N2O3. The van der Waals surface area contributed by atoms with Gasteiger partial charge in [0, 0.05) is 12.6 Å². The number of benzene rings is 1. The summed E-state index contributed by atoms with van der Waals surface area (Å²) in [5, 5.41) is 4.08. The quantitative estimate of drug-likeness (QED) is 0.773. The minimum atomic E-state index is 0.518. The Hall–Kier alpha value is -2.30. The second-order valence-electron chi connectivity index (χ2n) is 3.76. The monoisotopic (exact) mass is 246 g/mol. The van der Waals surface area contributed by atoms with Crippen molar-refractivity contribution in [2.75, 3.05) is 14.2 Å². The molecule has 94 valence electrons. The second-order valence-corrected chi connectivity index (χ2v) is 3.76. The fraction of sp³-hybridized carbons (Fsp3) is 0.231. The first-order chi connectivity index (χ1) is 8.71. The van der Waals surface area contributed by atoms with Gasteiger partial charge in [0.05, 0.1) is 31.7 Å². The number of aromatic nitrogens is 2. The van der Waals surface area contributed by atoms with Crippen LogP contribution < -0.4 is 9.47 Å². The third kappa shape index (κ3) is 1.95. The molecule has 0 radical (unpaired) electrons. The summed E-state index contributed by atoms with van der Waals surface area (Å²) in [4.78, 5) is 11.0. The van der Waals surface area contributed by atoms with Crippen molar-refractivity contribution >= 4 is 6.29 Å². The Morgan fingerprint density at radius 3 is 2.67 bits per heavy atom. The Morgan fingerprint density at radius 2 is 2.06 bits per heavy atom. The first kappa shape index (κ1) is 12.2. The van der Waals surface area contributed by atoms with Gasteiger partial charge in [-0.2, -0.15) is 5.10 Å². The van der Waals surface area contributed by atoms with E-state index in [0.29, 0.717) is 22.8 Å². The molecular weight excluding hydrogens is 232 g/mol. The average molecular weight is 246 g/mol. The Bertz CT molecular complexity index is 576. The fourth-order valence-electron chi connectivity index (χ4n) is 1.87. The van der Waals surface area contributed by atoms with Crippen molar-refractivity contribution in [1.82, 2.24) is 9.78 Å². The molecule has 2 rings (SSSR count). The fourth-order valence-corrected chi connectivity index (χ4v) is 1.87. The van der Waals surface area contributed by atoms with Crippen LogP contribution in [-0.2, 0) is 7.05 Å². The van der Waals surface area contributed by atoms with Crippen molar-refractivity contribution in [1.29, 1.82) is 0 Å². The maximum Gasteiger partial charge on any atom is 0.153 e. The van der Waals surface area contributed by atoms with Crippen molar-refractivity contribution in [3.63, 3.8) is 0 Å². The first-order valence-electron chi connectivity index (χ1n) is 5.40. The van der Waals surface area contributed by atoms with Crippen LogP contribution in [-0.4, -0.2) is 30.3 Å². The number of carbonyl (C=O) groups is 1. The second kappa shape index (κ2) is 4.91. The zero-order valence-corrected chi connectivity index (χ0v) is 10.5. The number of ether oxygens (including phenoxy) is 2. The number of carbonyl (C=O) groups excluding carboxylic acids is 1. The summed E-state index contributed by atoms with van der Waals surface area (Å²) < 4.78 is 12.1. The highest BCUT2D eigenvalue weighted by Gasteiger charge is 2.15. The summed E-state index contributed by atoms with van der Waals surface area (Å²) >= 11 is 0.